The van der Waals surface area contributed by atoms with Gasteiger partial charge in [-0.3, -0.25) is 18.8 Å². The minimum absolute atomic E-state index is 0.00451. The Bertz CT molecular complexity index is 1440. The van der Waals surface area contributed by atoms with Crippen molar-refractivity contribution in [3.8, 4) is 0 Å². The molecule has 1 aromatic carbocycles. The average Bonchev–Trinajstić information content (AvgIpc) is 3.27. The third kappa shape index (κ3) is 5.98. The van der Waals surface area contributed by atoms with E-state index in [4.69, 9.17) is 5.53 Å². The van der Waals surface area contributed by atoms with Crippen LogP contribution in [0.15, 0.2) is 46.4 Å². The van der Waals surface area contributed by atoms with Crippen LogP contribution in [0.5, 0.6) is 0 Å². The van der Waals surface area contributed by atoms with Gasteiger partial charge < -0.3 is 15.5 Å². The second-order valence-electron chi connectivity index (χ2n) is 12.1. The molecule has 1 amide bonds. The van der Waals surface area contributed by atoms with Gasteiger partial charge in [0.2, 0.25) is 5.91 Å². The average molecular weight is 561 g/mol. The number of amides is 1. The van der Waals surface area contributed by atoms with Crippen molar-refractivity contribution in [3.05, 3.63) is 63.9 Å². The van der Waals surface area contributed by atoms with Crippen LogP contribution in [0.3, 0.4) is 0 Å². The van der Waals surface area contributed by atoms with Gasteiger partial charge >= 0.3 is 5.69 Å². The number of piperidine rings is 2. The number of nitrogens with zero attached hydrogens (tertiary/aromatic N) is 7. The number of fused-ring (bicyclic) bond motifs is 1. The third-order valence-corrected chi connectivity index (χ3v) is 9.49. The molecule has 2 aliphatic heterocycles. The summed E-state index contributed by atoms with van der Waals surface area (Å²) < 4.78 is 18.0. The second kappa shape index (κ2) is 12.2. The van der Waals surface area contributed by atoms with E-state index in [0.29, 0.717) is 36.9 Å². The van der Waals surface area contributed by atoms with Crippen LogP contribution in [-0.4, -0.2) is 56.0 Å². The van der Waals surface area contributed by atoms with Gasteiger partial charge in [-0.1, -0.05) is 19.3 Å². The zero-order chi connectivity index (χ0) is 28.3. The van der Waals surface area contributed by atoms with Crippen LogP contribution in [-0.2, 0) is 17.9 Å². The Labute approximate surface area is 239 Å². The molecule has 41 heavy (non-hydrogen) atoms. The van der Waals surface area contributed by atoms with Gasteiger partial charge in [0.15, 0.2) is 0 Å². The molecule has 2 saturated heterocycles. The molecule has 1 saturated carbocycles. The van der Waals surface area contributed by atoms with E-state index < -0.39 is 0 Å². The van der Waals surface area contributed by atoms with Gasteiger partial charge in [-0.05, 0) is 93.4 Å². The molecule has 3 aliphatic rings. The Morgan fingerprint density at radius 2 is 1.71 bits per heavy atom. The lowest BCUT2D eigenvalue weighted by atomic mass is 9.89. The number of imidazole rings is 1. The molecule has 0 spiro atoms. The standard InChI is InChI=1S/C31H39FN7O2/c32-25-6-7-27-28(19-25)38(21-22-4-2-1-3-5-22)31(41)39(27)26-11-16-37(17-12-26)30(40)24-9-14-36(15-10-24)20-23-8-13-34-29(18-23)35-33/h6-8,13,18-19,22,24,26H,1-5,9-12,14-17,20-21H2/q-1. The van der Waals surface area contributed by atoms with E-state index in [1.165, 1.54) is 31.4 Å². The topological polar surface area (TPSA) is 98.0 Å². The van der Waals surface area contributed by atoms with Crippen LogP contribution in [0.2, 0.25) is 0 Å². The zero-order valence-electron chi connectivity index (χ0n) is 23.6. The number of benzene rings is 1. The minimum atomic E-state index is -0.315. The van der Waals surface area contributed by atoms with Gasteiger partial charge in [-0.25, -0.2) is 14.2 Å². The summed E-state index contributed by atoms with van der Waals surface area (Å²) >= 11 is 0. The molecule has 0 bridgehead atoms. The zero-order valence-corrected chi connectivity index (χ0v) is 23.6. The number of rotatable bonds is 7. The molecule has 0 atom stereocenters. The number of carbonyl (C=O) groups is 1. The number of hydrogen-bond acceptors (Lipinski definition) is 5. The molecule has 10 heteroatoms. The summed E-state index contributed by atoms with van der Waals surface area (Å²) in [5.41, 5.74) is 11.5. The van der Waals surface area contributed by atoms with Crippen molar-refractivity contribution in [3.63, 3.8) is 0 Å². The fraction of sp³-hybridized carbons (Fsp3) is 0.581. The molecule has 218 valence electrons. The molecule has 2 aromatic heterocycles. The molecule has 0 N–H and O–H groups in total. The number of likely N-dealkylation sites (tertiary alicyclic amines) is 2. The Morgan fingerprint density at radius 3 is 2.44 bits per heavy atom. The Balaban J connectivity index is 1.08. The highest BCUT2D eigenvalue weighted by molar-refractivity contribution is 5.79. The summed E-state index contributed by atoms with van der Waals surface area (Å²) in [6.07, 6.45) is 10.6. The minimum Gasteiger partial charge on any atom is -0.705 e. The first-order valence-electron chi connectivity index (χ1n) is 15.2. The molecule has 3 aromatic rings. The molecule has 6 rings (SSSR count). The largest absolute Gasteiger partial charge is 0.705 e. The van der Waals surface area contributed by atoms with E-state index in [9.17, 15) is 14.0 Å². The Hall–Kier alpha value is -3.40. The first-order chi connectivity index (χ1) is 20.0. The number of halogens is 1. The second-order valence-corrected chi connectivity index (χ2v) is 12.1. The van der Waals surface area contributed by atoms with Crippen LogP contribution in [0.25, 0.3) is 16.6 Å². The number of carbonyl (C=O) groups excluding carboxylic acids is 1. The van der Waals surface area contributed by atoms with Crippen molar-refractivity contribution in [2.45, 2.75) is 76.9 Å². The smallest absolute Gasteiger partial charge is 0.329 e. The van der Waals surface area contributed by atoms with Crippen LogP contribution >= 0.6 is 0 Å². The maximum Gasteiger partial charge on any atom is 0.329 e. The maximum atomic E-state index is 14.3. The molecular weight excluding hydrogens is 521 g/mol. The van der Waals surface area contributed by atoms with Gasteiger partial charge in [0.25, 0.3) is 0 Å². The highest BCUT2D eigenvalue weighted by atomic mass is 19.1. The quantitative estimate of drug-likeness (QED) is 0.349. The molecule has 0 unspecified atom stereocenters. The fourth-order valence-corrected chi connectivity index (χ4v) is 7.22. The van der Waals surface area contributed by atoms with Crippen LogP contribution in [0, 0.1) is 17.7 Å². The van der Waals surface area contributed by atoms with E-state index in [1.807, 2.05) is 20.1 Å². The SMILES string of the molecule is [N-]=Nc1cc(CN2CCC(C(=O)N3CCC(n4c(=O)n(CC5CCCCC5)c5cc(F)ccc54)CC3)CC2)ccn1. The monoisotopic (exact) mass is 560 g/mol. The van der Waals surface area contributed by atoms with E-state index >= 15 is 0 Å². The summed E-state index contributed by atoms with van der Waals surface area (Å²) in [7, 11) is 0. The lowest BCUT2D eigenvalue weighted by Crippen LogP contribution is -2.46. The third-order valence-electron chi connectivity index (χ3n) is 9.49. The maximum absolute atomic E-state index is 14.3. The molecule has 1 aliphatic carbocycles. The van der Waals surface area contributed by atoms with Crippen molar-refractivity contribution in [2.24, 2.45) is 17.0 Å². The highest BCUT2D eigenvalue weighted by Crippen LogP contribution is 2.31. The summed E-state index contributed by atoms with van der Waals surface area (Å²) in [6, 6.07) is 8.41. The summed E-state index contributed by atoms with van der Waals surface area (Å²) in [5.74, 6) is 0.700. The van der Waals surface area contributed by atoms with Gasteiger partial charge in [-0.2, -0.15) is 0 Å². The van der Waals surface area contributed by atoms with E-state index in [-0.39, 0.29) is 29.4 Å². The van der Waals surface area contributed by atoms with Crippen molar-refractivity contribution in [1.29, 1.82) is 0 Å². The summed E-state index contributed by atoms with van der Waals surface area (Å²) in [6.45, 7) is 4.35. The predicted octanol–water partition coefficient (Wildman–Crippen LogP) is 5.65. The van der Waals surface area contributed by atoms with Crippen molar-refractivity contribution < 1.29 is 9.18 Å². The highest BCUT2D eigenvalue weighted by Gasteiger charge is 2.33. The molecular formula is C31H39FN7O2-. The molecule has 3 fully saturated rings. The number of pyridine rings is 1. The summed E-state index contributed by atoms with van der Waals surface area (Å²) in [5, 5.41) is 3.17. The van der Waals surface area contributed by atoms with Crippen molar-refractivity contribution in [1.82, 2.24) is 23.9 Å². The predicted molar refractivity (Wildman–Crippen MR) is 155 cm³/mol. The lowest BCUT2D eigenvalue weighted by molar-refractivity contribution is -0.138. The molecule has 0 radical (unpaired) electrons. The Kier molecular flexibility index (Phi) is 8.27. The van der Waals surface area contributed by atoms with Crippen molar-refractivity contribution >= 4 is 22.8 Å². The Morgan fingerprint density at radius 1 is 0.951 bits per heavy atom. The van der Waals surface area contributed by atoms with Gasteiger partial charge in [0, 0.05) is 44.3 Å². The fourth-order valence-electron chi connectivity index (χ4n) is 7.22. The van der Waals surface area contributed by atoms with Gasteiger partial charge in [-0.15, -0.1) is 0 Å². The van der Waals surface area contributed by atoms with Crippen LogP contribution < -0.4 is 5.69 Å². The van der Waals surface area contributed by atoms with Crippen molar-refractivity contribution in [2.75, 3.05) is 26.2 Å². The van der Waals surface area contributed by atoms with E-state index in [2.05, 4.69) is 15.0 Å². The van der Waals surface area contributed by atoms with E-state index in [1.54, 1.807) is 18.3 Å². The number of hydrogen-bond donors (Lipinski definition) is 0. The first-order valence-corrected chi connectivity index (χ1v) is 15.2. The van der Waals surface area contributed by atoms with Crippen LogP contribution in [0.1, 0.15) is 69.4 Å². The summed E-state index contributed by atoms with van der Waals surface area (Å²) in [4.78, 5) is 35.5. The normalized spacial score (nSPS) is 20.1. The van der Waals surface area contributed by atoms with E-state index in [0.717, 1.165) is 69.2 Å². The lowest BCUT2D eigenvalue weighted by Gasteiger charge is -2.37. The van der Waals surface area contributed by atoms with Crippen LogP contribution in [0.4, 0.5) is 10.2 Å². The van der Waals surface area contributed by atoms with Gasteiger partial charge in [0.05, 0.1) is 11.0 Å². The number of aromatic nitrogens is 3. The first kappa shape index (κ1) is 27.8. The molecule has 4 heterocycles. The van der Waals surface area contributed by atoms with Gasteiger partial charge in [0.1, 0.15) is 11.6 Å². The molecule has 9 nitrogen and oxygen atoms in total.